The van der Waals surface area contributed by atoms with Gasteiger partial charge >= 0.3 is 0 Å². The molecule has 2 atom stereocenters. The van der Waals surface area contributed by atoms with Crippen LogP contribution >= 0.6 is 0 Å². The largest absolute Gasteiger partial charge is 0.353 e. The Morgan fingerprint density at radius 1 is 1.15 bits per heavy atom. The maximum absolute atomic E-state index is 12.7. The molecule has 7 nitrogen and oxygen atoms in total. The second kappa shape index (κ2) is 9.53. The van der Waals surface area contributed by atoms with E-state index in [1.807, 2.05) is 16.7 Å². The summed E-state index contributed by atoms with van der Waals surface area (Å²) in [5, 5.41) is 6.14. The van der Waals surface area contributed by atoms with Gasteiger partial charge in [0.1, 0.15) is 0 Å². The fourth-order valence-corrected chi connectivity index (χ4v) is 4.61. The number of carbonyl (C=O) groups is 3. The van der Waals surface area contributed by atoms with Crippen LogP contribution in [0.15, 0.2) is 0 Å². The Morgan fingerprint density at radius 3 is 2.67 bits per heavy atom. The van der Waals surface area contributed by atoms with E-state index in [1.54, 1.807) is 0 Å². The number of carbonyl (C=O) groups excluding carboxylic acids is 3. The van der Waals surface area contributed by atoms with E-state index in [2.05, 4.69) is 10.6 Å². The molecule has 2 unspecified atom stereocenters. The van der Waals surface area contributed by atoms with E-state index in [0.29, 0.717) is 19.5 Å². The third kappa shape index (κ3) is 5.43. The van der Waals surface area contributed by atoms with E-state index < -0.39 is 0 Å². The second-order valence-corrected chi connectivity index (χ2v) is 8.35. The molecule has 152 valence electrons. The molecule has 2 aliphatic heterocycles. The molecule has 0 radical (unpaired) electrons. The smallest absolute Gasteiger partial charge is 0.236 e. The first-order chi connectivity index (χ1) is 13.0. The van der Waals surface area contributed by atoms with Crippen LogP contribution in [0.3, 0.4) is 0 Å². The van der Waals surface area contributed by atoms with Crippen LogP contribution in [0.5, 0.6) is 0 Å². The van der Waals surface area contributed by atoms with Crippen molar-refractivity contribution in [1.29, 1.82) is 0 Å². The van der Waals surface area contributed by atoms with Gasteiger partial charge in [0.25, 0.3) is 0 Å². The molecule has 0 bridgehead atoms. The fourth-order valence-electron chi connectivity index (χ4n) is 4.61. The fraction of sp³-hybridized carbons (Fsp3) is 0.850. The van der Waals surface area contributed by atoms with Gasteiger partial charge in [-0.1, -0.05) is 19.3 Å². The van der Waals surface area contributed by atoms with Crippen LogP contribution in [-0.2, 0) is 14.4 Å². The normalized spacial score (nSPS) is 26.0. The highest BCUT2D eigenvalue weighted by molar-refractivity contribution is 5.82. The minimum atomic E-state index is -0.145. The summed E-state index contributed by atoms with van der Waals surface area (Å²) in [6.45, 7) is 5.22. The summed E-state index contributed by atoms with van der Waals surface area (Å²) in [6.07, 6.45) is 7.65. The zero-order valence-corrected chi connectivity index (χ0v) is 16.5. The van der Waals surface area contributed by atoms with Gasteiger partial charge in [0.15, 0.2) is 0 Å². The lowest BCUT2D eigenvalue weighted by atomic mass is 9.88. The Balaban J connectivity index is 1.46. The van der Waals surface area contributed by atoms with Gasteiger partial charge in [0, 0.05) is 50.6 Å². The van der Waals surface area contributed by atoms with Crippen molar-refractivity contribution in [2.75, 3.05) is 32.7 Å². The van der Waals surface area contributed by atoms with Gasteiger partial charge in [0.2, 0.25) is 17.7 Å². The molecule has 1 saturated carbocycles. The highest BCUT2D eigenvalue weighted by Gasteiger charge is 2.32. The number of hydrogen-bond acceptors (Lipinski definition) is 4. The number of hydrogen-bond donors (Lipinski definition) is 2. The highest BCUT2D eigenvalue weighted by atomic mass is 16.2. The molecule has 0 aromatic carbocycles. The molecular weight excluding hydrogens is 344 g/mol. The number of nitrogens with one attached hydrogen (secondary N) is 2. The molecular formula is C20H34N4O3. The zero-order valence-electron chi connectivity index (χ0n) is 16.5. The quantitative estimate of drug-likeness (QED) is 0.744. The summed E-state index contributed by atoms with van der Waals surface area (Å²) in [7, 11) is 0. The SMILES string of the molecule is CC(CC(=O)N1CCCC(N2CCNCC2=O)C1)NC(=O)C1CCCCC1. The number of nitrogens with zero attached hydrogens (tertiary/aromatic N) is 2. The summed E-state index contributed by atoms with van der Waals surface area (Å²) in [6, 6.07) is -0.0162. The van der Waals surface area contributed by atoms with Gasteiger partial charge in [-0.3, -0.25) is 14.4 Å². The van der Waals surface area contributed by atoms with Crippen molar-refractivity contribution in [1.82, 2.24) is 20.4 Å². The molecule has 1 aliphatic carbocycles. The first-order valence-electron chi connectivity index (χ1n) is 10.6. The van der Waals surface area contributed by atoms with Gasteiger partial charge in [-0.15, -0.1) is 0 Å². The molecule has 2 saturated heterocycles. The van der Waals surface area contributed by atoms with Crippen LogP contribution in [0.4, 0.5) is 0 Å². The molecule has 2 heterocycles. The van der Waals surface area contributed by atoms with Crippen molar-refractivity contribution in [3.63, 3.8) is 0 Å². The molecule has 0 spiro atoms. The van der Waals surface area contributed by atoms with Gasteiger partial charge in [-0.2, -0.15) is 0 Å². The summed E-state index contributed by atoms with van der Waals surface area (Å²) in [4.78, 5) is 41.1. The van der Waals surface area contributed by atoms with Crippen molar-refractivity contribution in [2.24, 2.45) is 5.92 Å². The summed E-state index contributed by atoms with van der Waals surface area (Å²) in [5.41, 5.74) is 0. The molecule has 0 aromatic heterocycles. The molecule has 3 rings (SSSR count). The Morgan fingerprint density at radius 2 is 1.93 bits per heavy atom. The predicted octanol–water partition coefficient (Wildman–Crippen LogP) is 0.884. The van der Waals surface area contributed by atoms with E-state index in [4.69, 9.17) is 0 Å². The maximum Gasteiger partial charge on any atom is 0.236 e. The summed E-state index contributed by atoms with van der Waals surface area (Å²) in [5.74, 6) is 0.444. The van der Waals surface area contributed by atoms with E-state index in [1.165, 1.54) is 6.42 Å². The second-order valence-electron chi connectivity index (χ2n) is 8.35. The molecule has 3 amide bonds. The third-order valence-electron chi connectivity index (χ3n) is 6.16. The molecule has 27 heavy (non-hydrogen) atoms. The Bertz CT molecular complexity index is 547. The van der Waals surface area contributed by atoms with Crippen molar-refractivity contribution in [3.05, 3.63) is 0 Å². The molecule has 3 aliphatic rings. The number of piperazine rings is 1. The molecule has 7 heteroatoms. The summed E-state index contributed by atoms with van der Waals surface area (Å²) >= 11 is 0. The first kappa shape index (κ1) is 20.1. The topological polar surface area (TPSA) is 81.8 Å². The lowest BCUT2D eigenvalue weighted by Crippen LogP contribution is -2.57. The number of likely N-dealkylation sites (tertiary alicyclic amines) is 1. The van der Waals surface area contributed by atoms with Crippen molar-refractivity contribution < 1.29 is 14.4 Å². The van der Waals surface area contributed by atoms with Gasteiger partial charge in [0.05, 0.1) is 6.54 Å². The van der Waals surface area contributed by atoms with Crippen LogP contribution in [0.25, 0.3) is 0 Å². The van der Waals surface area contributed by atoms with Crippen molar-refractivity contribution >= 4 is 17.7 Å². The van der Waals surface area contributed by atoms with Gasteiger partial charge in [-0.05, 0) is 32.6 Å². The van der Waals surface area contributed by atoms with Crippen LogP contribution < -0.4 is 10.6 Å². The Labute approximate surface area is 162 Å². The molecule has 0 aromatic rings. The zero-order chi connectivity index (χ0) is 19.2. The average molecular weight is 379 g/mol. The van der Waals surface area contributed by atoms with E-state index >= 15 is 0 Å². The summed E-state index contributed by atoms with van der Waals surface area (Å²) < 4.78 is 0. The van der Waals surface area contributed by atoms with Crippen LogP contribution in [0, 0.1) is 5.92 Å². The van der Waals surface area contributed by atoms with E-state index in [9.17, 15) is 14.4 Å². The highest BCUT2D eigenvalue weighted by Crippen LogP contribution is 2.24. The standard InChI is InChI=1S/C20H34N4O3/c1-15(22-20(27)16-6-3-2-4-7-16)12-18(25)23-10-5-8-17(14-23)24-11-9-21-13-19(24)26/h15-17,21H,2-14H2,1H3,(H,22,27). The first-order valence-corrected chi connectivity index (χ1v) is 10.6. The van der Waals surface area contributed by atoms with Crippen LogP contribution in [0.1, 0.15) is 58.3 Å². The number of amides is 3. The predicted molar refractivity (Wildman–Crippen MR) is 103 cm³/mol. The monoisotopic (exact) mass is 378 g/mol. The van der Waals surface area contributed by atoms with Crippen molar-refractivity contribution in [3.8, 4) is 0 Å². The number of rotatable bonds is 5. The number of piperidine rings is 1. The maximum atomic E-state index is 12.7. The average Bonchev–Trinajstić information content (AvgIpc) is 2.69. The lowest BCUT2D eigenvalue weighted by molar-refractivity contribution is -0.140. The van der Waals surface area contributed by atoms with E-state index in [0.717, 1.165) is 58.2 Å². The Hall–Kier alpha value is -1.63. The molecule has 2 N–H and O–H groups in total. The van der Waals surface area contributed by atoms with Crippen molar-refractivity contribution in [2.45, 2.75) is 70.4 Å². The van der Waals surface area contributed by atoms with E-state index in [-0.39, 0.29) is 35.7 Å². The minimum absolute atomic E-state index is 0.0822. The van der Waals surface area contributed by atoms with Gasteiger partial charge in [-0.25, -0.2) is 0 Å². The Kier molecular flexibility index (Phi) is 7.10. The third-order valence-corrected chi connectivity index (χ3v) is 6.16. The lowest BCUT2D eigenvalue weighted by Gasteiger charge is -2.41. The van der Waals surface area contributed by atoms with Crippen LogP contribution in [-0.4, -0.2) is 72.3 Å². The molecule has 3 fully saturated rings. The minimum Gasteiger partial charge on any atom is -0.353 e. The van der Waals surface area contributed by atoms with Gasteiger partial charge < -0.3 is 20.4 Å². The van der Waals surface area contributed by atoms with Crippen LogP contribution in [0.2, 0.25) is 0 Å².